The maximum Gasteiger partial charge on any atom is 0.000501 e. The van der Waals surface area contributed by atoms with Gasteiger partial charge in [-0.15, -0.1) is 0 Å². The summed E-state index contributed by atoms with van der Waals surface area (Å²) in [5.41, 5.74) is 0.692. The van der Waals surface area contributed by atoms with Gasteiger partial charge in [0.25, 0.3) is 0 Å². The van der Waals surface area contributed by atoms with Crippen LogP contribution in [0.5, 0.6) is 0 Å². The molecule has 0 aliphatic heterocycles. The molecule has 2 atom stereocenters. The standard InChI is InChI=1S/C14H27N/c1-11(2)5-4-6-14(10-15-3)8-12-7-13(12)9-14/h11-13,15H,4-10H2,1-3H3. The summed E-state index contributed by atoms with van der Waals surface area (Å²) in [6.45, 7) is 5.95. The van der Waals surface area contributed by atoms with E-state index in [1.165, 1.54) is 38.6 Å². The average molecular weight is 209 g/mol. The largest absolute Gasteiger partial charge is 0.319 e. The highest BCUT2D eigenvalue weighted by atomic mass is 14.8. The monoisotopic (exact) mass is 209 g/mol. The minimum atomic E-state index is 0.692. The molecule has 0 saturated heterocycles. The predicted molar refractivity (Wildman–Crippen MR) is 65.9 cm³/mol. The molecule has 88 valence electrons. The molecule has 2 aliphatic rings. The molecular weight excluding hydrogens is 182 g/mol. The fourth-order valence-corrected chi connectivity index (χ4v) is 3.70. The van der Waals surface area contributed by atoms with E-state index in [9.17, 15) is 0 Å². The molecule has 1 nitrogen and oxygen atoms in total. The lowest BCUT2D eigenvalue weighted by molar-refractivity contribution is 0.224. The Labute approximate surface area is 95.0 Å². The topological polar surface area (TPSA) is 12.0 Å². The van der Waals surface area contributed by atoms with Crippen molar-refractivity contribution in [1.82, 2.24) is 5.32 Å². The van der Waals surface area contributed by atoms with Gasteiger partial charge in [-0.25, -0.2) is 0 Å². The highest BCUT2D eigenvalue weighted by Gasteiger charge is 2.52. The molecule has 0 aromatic heterocycles. The van der Waals surface area contributed by atoms with Gasteiger partial charge in [0, 0.05) is 6.54 Å². The number of hydrogen-bond acceptors (Lipinski definition) is 1. The Bertz CT molecular complexity index is 199. The van der Waals surface area contributed by atoms with Crippen LogP contribution in [0, 0.1) is 23.2 Å². The zero-order valence-corrected chi connectivity index (χ0v) is 10.7. The van der Waals surface area contributed by atoms with Crippen LogP contribution in [0.25, 0.3) is 0 Å². The average Bonchev–Trinajstić information content (AvgIpc) is 2.75. The first-order chi connectivity index (χ1) is 7.15. The van der Waals surface area contributed by atoms with E-state index in [1.54, 1.807) is 6.42 Å². The molecule has 0 spiro atoms. The lowest BCUT2D eigenvalue weighted by atomic mass is 9.78. The molecule has 0 heterocycles. The Morgan fingerprint density at radius 1 is 1.27 bits per heavy atom. The van der Waals surface area contributed by atoms with Gasteiger partial charge in [0.2, 0.25) is 0 Å². The second-order valence-corrected chi connectivity index (χ2v) is 6.48. The van der Waals surface area contributed by atoms with E-state index in [2.05, 4.69) is 26.2 Å². The molecule has 2 saturated carbocycles. The van der Waals surface area contributed by atoms with Crippen LogP contribution in [0.3, 0.4) is 0 Å². The third-order valence-electron chi connectivity index (χ3n) is 4.50. The zero-order chi connectivity index (χ0) is 10.9. The van der Waals surface area contributed by atoms with Crippen molar-refractivity contribution in [2.75, 3.05) is 13.6 Å². The number of rotatable bonds is 6. The first-order valence-electron chi connectivity index (χ1n) is 6.80. The smallest absolute Gasteiger partial charge is 0.000501 e. The fourth-order valence-electron chi connectivity index (χ4n) is 3.70. The summed E-state index contributed by atoms with van der Waals surface area (Å²) in [6.07, 6.45) is 8.93. The molecule has 0 aromatic carbocycles. The molecule has 2 unspecified atom stereocenters. The maximum absolute atomic E-state index is 3.43. The Morgan fingerprint density at radius 2 is 1.93 bits per heavy atom. The molecule has 0 amide bonds. The van der Waals surface area contributed by atoms with Crippen LogP contribution < -0.4 is 5.32 Å². The molecule has 0 aromatic rings. The van der Waals surface area contributed by atoms with Crippen LogP contribution in [0.15, 0.2) is 0 Å². The molecule has 0 radical (unpaired) electrons. The first kappa shape index (κ1) is 11.4. The van der Waals surface area contributed by atoms with Crippen LogP contribution in [0.4, 0.5) is 0 Å². The second-order valence-electron chi connectivity index (χ2n) is 6.48. The molecule has 0 bridgehead atoms. The zero-order valence-electron chi connectivity index (χ0n) is 10.7. The van der Waals surface area contributed by atoms with Gasteiger partial charge >= 0.3 is 0 Å². The van der Waals surface area contributed by atoms with Gasteiger partial charge in [-0.1, -0.05) is 26.7 Å². The van der Waals surface area contributed by atoms with Crippen molar-refractivity contribution in [3.05, 3.63) is 0 Å². The van der Waals surface area contributed by atoms with E-state index < -0.39 is 0 Å². The van der Waals surface area contributed by atoms with Gasteiger partial charge in [0.05, 0.1) is 0 Å². The third kappa shape index (κ3) is 2.75. The van der Waals surface area contributed by atoms with Crippen LogP contribution >= 0.6 is 0 Å². The summed E-state index contributed by atoms with van der Waals surface area (Å²) in [7, 11) is 2.12. The van der Waals surface area contributed by atoms with E-state index in [0.717, 1.165) is 17.8 Å². The lowest BCUT2D eigenvalue weighted by Crippen LogP contribution is -2.31. The van der Waals surface area contributed by atoms with E-state index in [0.29, 0.717) is 5.41 Å². The number of nitrogens with one attached hydrogen (secondary N) is 1. The minimum absolute atomic E-state index is 0.692. The highest BCUT2D eigenvalue weighted by molar-refractivity contribution is 5.03. The van der Waals surface area contributed by atoms with Crippen LogP contribution in [0.2, 0.25) is 0 Å². The maximum atomic E-state index is 3.43. The number of hydrogen-bond donors (Lipinski definition) is 1. The molecule has 2 fully saturated rings. The predicted octanol–water partition coefficient (Wildman–Crippen LogP) is 3.45. The first-order valence-corrected chi connectivity index (χ1v) is 6.80. The summed E-state index contributed by atoms with van der Waals surface area (Å²) >= 11 is 0. The third-order valence-corrected chi connectivity index (χ3v) is 4.50. The molecule has 1 heteroatoms. The van der Waals surface area contributed by atoms with Gasteiger partial charge in [-0.2, -0.15) is 0 Å². The minimum Gasteiger partial charge on any atom is -0.319 e. The van der Waals surface area contributed by atoms with Crippen molar-refractivity contribution < 1.29 is 0 Å². The van der Waals surface area contributed by atoms with E-state index >= 15 is 0 Å². The van der Waals surface area contributed by atoms with Crippen molar-refractivity contribution in [1.29, 1.82) is 0 Å². The molecule has 2 rings (SSSR count). The summed E-state index contributed by atoms with van der Waals surface area (Å²) in [6, 6.07) is 0. The van der Waals surface area contributed by atoms with Gasteiger partial charge in [0.1, 0.15) is 0 Å². The lowest BCUT2D eigenvalue weighted by Gasteiger charge is -2.31. The summed E-state index contributed by atoms with van der Waals surface area (Å²) < 4.78 is 0. The molecular formula is C14H27N. The fraction of sp³-hybridized carbons (Fsp3) is 1.00. The summed E-state index contributed by atoms with van der Waals surface area (Å²) in [5.74, 6) is 3.13. The Hall–Kier alpha value is -0.0400. The second kappa shape index (κ2) is 4.45. The van der Waals surface area contributed by atoms with Crippen molar-refractivity contribution in [3.63, 3.8) is 0 Å². The van der Waals surface area contributed by atoms with E-state index in [-0.39, 0.29) is 0 Å². The van der Waals surface area contributed by atoms with Crippen LogP contribution in [0.1, 0.15) is 52.4 Å². The van der Waals surface area contributed by atoms with Crippen molar-refractivity contribution in [2.24, 2.45) is 23.2 Å². The molecule has 2 aliphatic carbocycles. The van der Waals surface area contributed by atoms with Gasteiger partial charge in [-0.05, 0) is 55.9 Å². The van der Waals surface area contributed by atoms with Gasteiger partial charge < -0.3 is 5.32 Å². The van der Waals surface area contributed by atoms with Crippen molar-refractivity contribution >= 4 is 0 Å². The molecule has 15 heavy (non-hydrogen) atoms. The normalized spacial score (nSPS) is 38.4. The van der Waals surface area contributed by atoms with E-state index in [4.69, 9.17) is 0 Å². The quantitative estimate of drug-likeness (QED) is 0.706. The van der Waals surface area contributed by atoms with E-state index in [1.807, 2.05) is 0 Å². The van der Waals surface area contributed by atoms with Crippen molar-refractivity contribution in [2.45, 2.75) is 52.4 Å². The molecule has 1 N–H and O–H groups in total. The van der Waals surface area contributed by atoms with Crippen molar-refractivity contribution in [3.8, 4) is 0 Å². The Balaban J connectivity index is 1.78. The SMILES string of the molecule is CNCC1(CCCC(C)C)CC2CC2C1. The van der Waals surface area contributed by atoms with Crippen LogP contribution in [-0.4, -0.2) is 13.6 Å². The summed E-state index contributed by atoms with van der Waals surface area (Å²) in [4.78, 5) is 0. The van der Waals surface area contributed by atoms with Gasteiger partial charge in [0.15, 0.2) is 0 Å². The number of fused-ring (bicyclic) bond motifs is 1. The Kier molecular flexibility index (Phi) is 3.39. The Morgan fingerprint density at radius 3 is 2.47 bits per heavy atom. The summed E-state index contributed by atoms with van der Waals surface area (Å²) in [5, 5.41) is 3.43. The highest BCUT2D eigenvalue weighted by Crippen LogP contribution is 2.61. The van der Waals surface area contributed by atoms with Crippen LogP contribution in [-0.2, 0) is 0 Å². The van der Waals surface area contributed by atoms with Gasteiger partial charge in [-0.3, -0.25) is 0 Å².